The lowest BCUT2D eigenvalue weighted by molar-refractivity contribution is 0.660. The van der Waals surface area contributed by atoms with Crippen molar-refractivity contribution in [1.29, 1.82) is 0 Å². The monoisotopic (exact) mass is 782 g/mol. The van der Waals surface area contributed by atoms with Gasteiger partial charge in [0.1, 0.15) is 5.58 Å². The van der Waals surface area contributed by atoms with Gasteiger partial charge in [-0.25, -0.2) is 15.0 Å². The molecule has 2 heterocycles. The van der Waals surface area contributed by atoms with Gasteiger partial charge in [0.15, 0.2) is 23.1 Å². The van der Waals surface area contributed by atoms with E-state index in [1.807, 2.05) is 30.3 Å². The van der Waals surface area contributed by atoms with E-state index in [9.17, 15) is 0 Å². The normalized spacial score (nSPS) is 12.9. The van der Waals surface area contributed by atoms with Gasteiger partial charge in [0.05, 0.1) is 5.69 Å². The number of nitrogens with zero attached hydrogens (tertiary/aromatic N) is 4. The summed E-state index contributed by atoms with van der Waals surface area (Å²) in [5, 5.41) is 6.55. The molecule has 0 radical (unpaired) electrons. The number of anilines is 3. The van der Waals surface area contributed by atoms with Gasteiger partial charge in [-0.2, -0.15) is 0 Å². The average Bonchev–Trinajstić information content (AvgIpc) is 3.79. The molecule has 0 aliphatic heterocycles. The number of para-hydroxylation sites is 1. The van der Waals surface area contributed by atoms with Gasteiger partial charge in [-0.3, -0.25) is 0 Å². The van der Waals surface area contributed by atoms with Gasteiger partial charge in [-0.1, -0.05) is 153 Å². The Morgan fingerprint density at radius 2 is 1.03 bits per heavy atom. The van der Waals surface area contributed by atoms with Crippen LogP contribution in [-0.4, -0.2) is 15.0 Å². The molecule has 0 amide bonds. The second-order valence-corrected chi connectivity index (χ2v) is 16.4. The largest absolute Gasteiger partial charge is 0.454 e. The van der Waals surface area contributed by atoms with Crippen molar-refractivity contribution in [2.24, 2.45) is 0 Å². The van der Waals surface area contributed by atoms with Crippen LogP contribution in [0.15, 0.2) is 199 Å². The molecule has 0 unspecified atom stereocenters. The molecular weight excluding hydrogens is 745 g/mol. The van der Waals surface area contributed by atoms with Crippen LogP contribution in [-0.2, 0) is 5.41 Å². The molecule has 11 aromatic rings. The zero-order chi connectivity index (χ0) is 40.7. The van der Waals surface area contributed by atoms with E-state index in [1.54, 1.807) is 0 Å². The molecule has 0 bridgehead atoms. The lowest BCUT2D eigenvalue weighted by Crippen LogP contribution is -2.16. The Hall–Kier alpha value is -7.89. The van der Waals surface area contributed by atoms with Gasteiger partial charge < -0.3 is 9.32 Å². The first-order valence-corrected chi connectivity index (χ1v) is 20.8. The minimum Gasteiger partial charge on any atom is -0.454 e. The van der Waals surface area contributed by atoms with Gasteiger partial charge >= 0.3 is 0 Å². The number of furan rings is 1. The van der Waals surface area contributed by atoms with Crippen LogP contribution >= 0.6 is 0 Å². The van der Waals surface area contributed by atoms with Crippen molar-refractivity contribution in [2.45, 2.75) is 19.3 Å². The zero-order valence-electron chi connectivity index (χ0n) is 33.7. The molecule has 9 aromatic carbocycles. The van der Waals surface area contributed by atoms with E-state index < -0.39 is 0 Å². The highest BCUT2D eigenvalue weighted by Crippen LogP contribution is 2.52. The van der Waals surface area contributed by atoms with Crippen molar-refractivity contribution >= 4 is 60.5 Å². The highest BCUT2D eigenvalue weighted by molar-refractivity contribution is 6.19. The average molecular weight is 783 g/mol. The van der Waals surface area contributed by atoms with Crippen LogP contribution in [0.1, 0.15) is 25.0 Å². The molecular formula is C56H38N4O. The number of aromatic nitrogens is 3. The predicted octanol–water partition coefficient (Wildman–Crippen LogP) is 14.9. The third-order valence-corrected chi connectivity index (χ3v) is 12.5. The maximum Gasteiger partial charge on any atom is 0.164 e. The quantitative estimate of drug-likeness (QED) is 0.168. The molecule has 0 saturated heterocycles. The first-order valence-electron chi connectivity index (χ1n) is 20.8. The zero-order valence-corrected chi connectivity index (χ0v) is 33.7. The number of hydrogen-bond acceptors (Lipinski definition) is 5. The summed E-state index contributed by atoms with van der Waals surface area (Å²) < 4.78 is 7.02. The van der Waals surface area contributed by atoms with Crippen molar-refractivity contribution in [1.82, 2.24) is 15.0 Å². The number of hydrogen-bond donors (Lipinski definition) is 0. The van der Waals surface area contributed by atoms with E-state index in [-0.39, 0.29) is 5.41 Å². The molecule has 5 nitrogen and oxygen atoms in total. The SMILES string of the molecule is CC1(C)c2ccccc2-c2ccc(N(c3ccccc3)c3c4ccccc4cc4c3oc3ccc(-c5nc(-c6ccccc6)nc(-c6ccc7ccccc7c6)n5)cc34)cc21. The fourth-order valence-corrected chi connectivity index (χ4v) is 9.41. The molecule has 0 spiro atoms. The Morgan fingerprint density at radius 3 is 1.84 bits per heavy atom. The molecule has 0 N–H and O–H groups in total. The Bertz CT molecular complexity index is 3520. The second kappa shape index (κ2) is 13.6. The maximum atomic E-state index is 7.02. The van der Waals surface area contributed by atoms with Crippen LogP contribution in [0.5, 0.6) is 0 Å². The first-order chi connectivity index (χ1) is 30.0. The Kier molecular flexibility index (Phi) is 7.81. The van der Waals surface area contributed by atoms with Crippen molar-refractivity contribution < 1.29 is 4.42 Å². The Balaban J connectivity index is 1.07. The van der Waals surface area contributed by atoms with Crippen LogP contribution in [0.3, 0.4) is 0 Å². The minimum absolute atomic E-state index is 0.155. The van der Waals surface area contributed by atoms with Crippen LogP contribution in [0.4, 0.5) is 17.1 Å². The van der Waals surface area contributed by atoms with E-state index in [2.05, 4.69) is 183 Å². The van der Waals surface area contributed by atoms with Crippen molar-refractivity contribution in [3.8, 4) is 45.3 Å². The highest BCUT2D eigenvalue weighted by atomic mass is 16.3. The molecule has 0 saturated carbocycles. The molecule has 1 aliphatic carbocycles. The van der Waals surface area contributed by atoms with Gasteiger partial charge in [-0.15, -0.1) is 0 Å². The topological polar surface area (TPSA) is 55.1 Å². The van der Waals surface area contributed by atoms with E-state index in [0.29, 0.717) is 17.5 Å². The summed E-state index contributed by atoms with van der Waals surface area (Å²) in [6, 6.07) is 68.4. The third kappa shape index (κ3) is 5.66. The number of fused-ring (bicyclic) bond motifs is 8. The number of benzene rings is 9. The van der Waals surface area contributed by atoms with E-state index in [1.165, 1.54) is 27.6 Å². The predicted molar refractivity (Wildman–Crippen MR) is 251 cm³/mol. The Labute approximate surface area is 353 Å². The van der Waals surface area contributed by atoms with Gasteiger partial charge in [0, 0.05) is 49.6 Å². The summed E-state index contributed by atoms with van der Waals surface area (Å²) in [6.07, 6.45) is 0. The summed E-state index contributed by atoms with van der Waals surface area (Å²) in [5.74, 6) is 1.85. The van der Waals surface area contributed by atoms with Crippen LogP contribution in [0.2, 0.25) is 0 Å². The summed E-state index contributed by atoms with van der Waals surface area (Å²) in [6.45, 7) is 4.67. The smallest absolute Gasteiger partial charge is 0.164 e. The molecule has 5 heteroatoms. The van der Waals surface area contributed by atoms with Crippen LogP contribution in [0.25, 0.3) is 88.8 Å². The number of rotatable bonds is 6. The molecule has 2 aromatic heterocycles. The first kappa shape index (κ1) is 35.1. The van der Waals surface area contributed by atoms with Crippen molar-refractivity contribution in [3.63, 3.8) is 0 Å². The van der Waals surface area contributed by atoms with Crippen molar-refractivity contribution in [2.75, 3.05) is 4.90 Å². The highest BCUT2D eigenvalue weighted by Gasteiger charge is 2.36. The molecule has 1 aliphatic rings. The van der Waals surface area contributed by atoms with Crippen molar-refractivity contribution in [3.05, 3.63) is 205 Å². The van der Waals surface area contributed by atoms with Crippen LogP contribution < -0.4 is 4.90 Å². The van der Waals surface area contributed by atoms with Crippen LogP contribution in [0, 0.1) is 0 Å². The standard InChI is InChI=1S/C56H38N4O/c1-56(2)48-24-14-13-23-44(48)45-29-28-42(34-49(45)56)60(41-20-7-4-8-21-41)51-43-22-12-11-19-38(43)32-47-46-33-40(27-30-50(46)61-52(47)51)55-58-53(36-16-5-3-6-17-36)57-54(59-55)39-26-25-35-15-9-10-18-37(35)31-39/h3-34H,1-2H3. The molecule has 0 atom stereocenters. The molecule has 61 heavy (non-hydrogen) atoms. The fourth-order valence-electron chi connectivity index (χ4n) is 9.41. The van der Waals surface area contributed by atoms with Gasteiger partial charge in [0.2, 0.25) is 0 Å². The lowest BCUT2D eigenvalue weighted by Gasteiger charge is -2.29. The maximum absolute atomic E-state index is 7.02. The summed E-state index contributed by atoms with van der Waals surface area (Å²) >= 11 is 0. The molecule has 0 fully saturated rings. The Morgan fingerprint density at radius 1 is 0.410 bits per heavy atom. The van der Waals surface area contributed by atoms with E-state index in [0.717, 1.165) is 71.8 Å². The second-order valence-electron chi connectivity index (χ2n) is 16.4. The lowest BCUT2D eigenvalue weighted by atomic mass is 9.82. The summed E-state index contributed by atoms with van der Waals surface area (Å²) in [7, 11) is 0. The third-order valence-electron chi connectivity index (χ3n) is 12.5. The van der Waals surface area contributed by atoms with Gasteiger partial charge in [0.25, 0.3) is 0 Å². The molecule has 288 valence electrons. The summed E-state index contributed by atoms with van der Waals surface area (Å²) in [4.78, 5) is 17.7. The van der Waals surface area contributed by atoms with Gasteiger partial charge in [-0.05, 0) is 93.0 Å². The minimum atomic E-state index is -0.155. The molecule has 12 rings (SSSR count). The van der Waals surface area contributed by atoms with E-state index >= 15 is 0 Å². The fraction of sp³-hybridized carbons (Fsp3) is 0.0536. The summed E-state index contributed by atoms with van der Waals surface area (Å²) in [5.41, 5.74) is 12.6. The van der Waals surface area contributed by atoms with E-state index in [4.69, 9.17) is 19.4 Å².